The van der Waals surface area contributed by atoms with E-state index in [4.69, 9.17) is 26.1 Å². The lowest BCUT2D eigenvalue weighted by atomic mass is 9.91. The Morgan fingerprint density at radius 1 is 1.09 bits per heavy atom. The summed E-state index contributed by atoms with van der Waals surface area (Å²) in [4.78, 5) is 31.4. The molecule has 8 rings (SSSR count). The van der Waals surface area contributed by atoms with Crippen LogP contribution in [0.2, 0.25) is 0 Å². The Hall–Kier alpha value is -4.27. The molecular weight excluding hydrogens is 561 g/mol. The molecule has 4 aliphatic rings. The fraction of sp³-hybridized carbons (Fsp3) is 0.455. The normalized spacial score (nSPS) is 23.3. The highest BCUT2D eigenvalue weighted by atomic mass is 19.1. The van der Waals surface area contributed by atoms with Crippen molar-refractivity contribution in [3.8, 4) is 24.1 Å². The van der Waals surface area contributed by atoms with E-state index in [-0.39, 0.29) is 46.2 Å². The molecule has 4 aromatic rings. The summed E-state index contributed by atoms with van der Waals surface area (Å²) in [5.74, 6) is 2.12. The van der Waals surface area contributed by atoms with E-state index in [0.717, 1.165) is 70.4 Å². The number of imidazole rings is 1. The Morgan fingerprint density at radius 2 is 1.91 bits per heavy atom. The number of nitrogens with zero attached hydrogens (tertiary/aromatic N) is 5. The minimum atomic E-state index is -0.604. The molecule has 3 aliphatic heterocycles. The molecule has 0 amide bonds. The van der Waals surface area contributed by atoms with E-state index < -0.39 is 11.6 Å². The van der Waals surface area contributed by atoms with Crippen molar-refractivity contribution in [1.82, 2.24) is 30.2 Å². The second kappa shape index (κ2) is 10.7. The maximum atomic E-state index is 14.9. The van der Waals surface area contributed by atoms with Crippen LogP contribution in [-0.4, -0.2) is 74.8 Å². The van der Waals surface area contributed by atoms with Crippen LogP contribution in [0.5, 0.6) is 11.8 Å². The van der Waals surface area contributed by atoms with Crippen LogP contribution in [0.3, 0.4) is 0 Å². The Labute approximate surface area is 254 Å². The van der Waals surface area contributed by atoms with Gasteiger partial charge in [0, 0.05) is 48.2 Å². The number of anilines is 1. The zero-order valence-corrected chi connectivity index (χ0v) is 24.4. The number of carbonyl (C=O) groups is 1. The SMILES string of the molecule is C#Cc1c(F)ccc2cc(O)cc(C(=O)c3nc4nc(OC[C@@H]5CCCN5)nc(N5CC6CCC(C5)N6)c4n3C3CCC3)c12. The number of phenols is 1. The molecule has 44 heavy (non-hydrogen) atoms. The van der Waals surface area contributed by atoms with E-state index in [0.29, 0.717) is 35.2 Å². The van der Waals surface area contributed by atoms with Crippen molar-refractivity contribution in [3.63, 3.8) is 0 Å². The van der Waals surface area contributed by atoms with Crippen molar-refractivity contribution < 1.29 is 19.0 Å². The second-order valence-electron chi connectivity index (χ2n) is 12.5. The lowest BCUT2D eigenvalue weighted by molar-refractivity contribution is 0.102. The molecule has 0 spiro atoms. The lowest BCUT2D eigenvalue weighted by Gasteiger charge is -2.35. The number of hydrogen-bond donors (Lipinski definition) is 3. The number of terminal acetylenes is 1. The van der Waals surface area contributed by atoms with Crippen molar-refractivity contribution in [1.29, 1.82) is 0 Å². The standard InChI is InChI=1S/C33H34FN7O3/c1-2-24-26(34)11-8-18-13-23(42)14-25(27(18)24)29(43)32-37-30-28(41(32)22-6-3-7-22)31(40-15-19-9-10-20(16-40)36-19)39-33(38-30)44-17-21-5-4-12-35-21/h1,8,11,13-14,19-22,35-36,42H,3-7,9-10,12,15-17H2/t19?,20?,21-/m0/s1. The number of hydrogen-bond acceptors (Lipinski definition) is 9. The number of nitrogens with one attached hydrogen (secondary N) is 2. The molecular formula is C33H34FN7O3. The van der Waals surface area contributed by atoms with Crippen LogP contribution in [0.1, 0.15) is 72.7 Å². The summed E-state index contributed by atoms with van der Waals surface area (Å²) in [5.41, 5.74) is 1.17. The molecule has 1 saturated carbocycles. The number of ether oxygens (including phenoxy) is 1. The molecule has 2 aromatic heterocycles. The lowest BCUT2D eigenvalue weighted by Crippen LogP contribution is -2.51. The number of aromatic hydroxyl groups is 1. The molecule has 4 fully saturated rings. The van der Waals surface area contributed by atoms with Crippen molar-refractivity contribution in [2.24, 2.45) is 0 Å². The first kappa shape index (κ1) is 27.3. The van der Waals surface area contributed by atoms with Gasteiger partial charge in [0.25, 0.3) is 0 Å². The summed E-state index contributed by atoms with van der Waals surface area (Å²) in [6.07, 6.45) is 12.9. The highest BCUT2D eigenvalue weighted by Gasteiger charge is 2.37. The van der Waals surface area contributed by atoms with E-state index in [9.17, 15) is 14.3 Å². The molecule has 2 unspecified atom stereocenters. The summed E-state index contributed by atoms with van der Waals surface area (Å²) < 4.78 is 23.0. The number of aromatic nitrogens is 4. The largest absolute Gasteiger partial charge is 0.508 e. The molecule has 3 atom stereocenters. The van der Waals surface area contributed by atoms with Crippen molar-refractivity contribution in [3.05, 3.63) is 47.0 Å². The molecule has 11 heteroatoms. The predicted octanol–water partition coefficient (Wildman–Crippen LogP) is 3.83. The topological polar surface area (TPSA) is 117 Å². The van der Waals surface area contributed by atoms with E-state index >= 15 is 0 Å². The molecule has 3 N–H and O–H groups in total. The summed E-state index contributed by atoms with van der Waals surface area (Å²) in [6, 6.07) is 6.83. The Morgan fingerprint density at radius 3 is 2.61 bits per heavy atom. The van der Waals surface area contributed by atoms with Crippen LogP contribution in [0.4, 0.5) is 10.2 Å². The molecule has 0 radical (unpaired) electrons. The summed E-state index contributed by atoms with van der Waals surface area (Å²) in [7, 11) is 0. The van der Waals surface area contributed by atoms with E-state index in [2.05, 4.69) is 21.5 Å². The molecule has 2 aromatic carbocycles. The van der Waals surface area contributed by atoms with Crippen molar-refractivity contribution in [2.45, 2.75) is 69.1 Å². The minimum absolute atomic E-state index is 0.0230. The fourth-order valence-electron chi connectivity index (χ4n) is 7.32. The quantitative estimate of drug-likeness (QED) is 0.217. The molecule has 2 bridgehead atoms. The average molecular weight is 596 g/mol. The van der Waals surface area contributed by atoms with E-state index in [1.165, 1.54) is 24.3 Å². The monoisotopic (exact) mass is 595 g/mol. The fourth-order valence-corrected chi connectivity index (χ4v) is 7.32. The maximum Gasteiger partial charge on any atom is 0.320 e. The number of piperazine rings is 1. The van der Waals surface area contributed by atoms with E-state index in [1.54, 1.807) is 0 Å². The molecule has 10 nitrogen and oxygen atoms in total. The van der Waals surface area contributed by atoms with Gasteiger partial charge in [-0.2, -0.15) is 9.97 Å². The molecule has 226 valence electrons. The third-order valence-corrected chi connectivity index (χ3v) is 9.68. The summed E-state index contributed by atoms with van der Waals surface area (Å²) in [6.45, 7) is 2.98. The Bertz CT molecular complexity index is 1830. The minimum Gasteiger partial charge on any atom is -0.508 e. The third kappa shape index (κ3) is 4.55. The number of ketones is 1. The van der Waals surface area contributed by atoms with Crippen LogP contribution < -0.4 is 20.3 Å². The van der Waals surface area contributed by atoms with Gasteiger partial charge in [0.15, 0.2) is 17.3 Å². The van der Waals surface area contributed by atoms with Gasteiger partial charge in [-0.05, 0) is 75.1 Å². The second-order valence-corrected chi connectivity index (χ2v) is 12.5. The summed E-state index contributed by atoms with van der Waals surface area (Å²) >= 11 is 0. The van der Waals surface area contributed by atoms with Crippen molar-refractivity contribution in [2.75, 3.05) is 31.1 Å². The van der Waals surface area contributed by atoms with Gasteiger partial charge in [0.2, 0.25) is 5.78 Å². The zero-order chi connectivity index (χ0) is 29.9. The highest BCUT2D eigenvalue weighted by molar-refractivity contribution is 6.17. The van der Waals surface area contributed by atoms with Crippen LogP contribution in [0.25, 0.3) is 21.9 Å². The number of halogens is 1. The van der Waals surface area contributed by atoms with Crippen molar-refractivity contribution >= 4 is 33.5 Å². The van der Waals surface area contributed by atoms with Gasteiger partial charge >= 0.3 is 6.01 Å². The maximum absolute atomic E-state index is 14.9. The van der Waals surface area contributed by atoms with Crippen LogP contribution in [0, 0.1) is 18.2 Å². The Balaban J connectivity index is 1.31. The van der Waals surface area contributed by atoms with Gasteiger partial charge in [0.1, 0.15) is 23.7 Å². The first-order valence-corrected chi connectivity index (χ1v) is 15.6. The number of phenolic OH excluding ortho intramolecular Hbond substituents is 1. The van der Waals surface area contributed by atoms with Crippen LogP contribution >= 0.6 is 0 Å². The summed E-state index contributed by atoms with van der Waals surface area (Å²) in [5, 5.41) is 18.5. The zero-order valence-electron chi connectivity index (χ0n) is 24.4. The first-order valence-electron chi connectivity index (χ1n) is 15.6. The molecule has 1 aliphatic carbocycles. The predicted molar refractivity (Wildman–Crippen MR) is 164 cm³/mol. The smallest absolute Gasteiger partial charge is 0.320 e. The number of rotatable bonds is 7. The number of fused-ring (bicyclic) bond motifs is 4. The van der Waals surface area contributed by atoms with Crippen LogP contribution in [-0.2, 0) is 0 Å². The van der Waals surface area contributed by atoms with E-state index in [1.807, 2.05) is 4.57 Å². The van der Waals surface area contributed by atoms with Gasteiger partial charge in [-0.25, -0.2) is 9.37 Å². The van der Waals surface area contributed by atoms with Gasteiger partial charge < -0.3 is 29.9 Å². The third-order valence-electron chi connectivity index (χ3n) is 9.68. The average Bonchev–Trinajstić information content (AvgIpc) is 3.73. The Kier molecular flexibility index (Phi) is 6.65. The van der Waals surface area contributed by atoms with Gasteiger partial charge in [-0.15, -0.1) is 6.42 Å². The molecule has 3 saturated heterocycles. The van der Waals surface area contributed by atoms with Gasteiger partial charge in [-0.1, -0.05) is 12.0 Å². The van der Waals surface area contributed by atoms with Crippen LogP contribution in [0.15, 0.2) is 24.3 Å². The van der Waals surface area contributed by atoms with Gasteiger partial charge in [0.05, 0.1) is 5.56 Å². The van der Waals surface area contributed by atoms with Gasteiger partial charge in [-0.3, -0.25) is 4.79 Å². The highest BCUT2D eigenvalue weighted by Crippen LogP contribution is 2.41. The number of benzene rings is 2. The molecule has 5 heterocycles. The first-order chi connectivity index (χ1) is 21.5. The number of carbonyl (C=O) groups excluding carboxylic acids is 1.